The van der Waals surface area contributed by atoms with E-state index in [9.17, 15) is 0 Å². The summed E-state index contributed by atoms with van der Waals surface area (Å²) in [7, 11) is 0. The monoisotopic (exact) mass is 1090 g/mol. The molecule has 0 amide bonds. The van der Waals surface area contributed by atoms with Gasteiger partial charge >= 0.3 is 0 Å². The molecule has 0 aliphatic heterocycles. The molecule has 85 heavy (non-hydrogen) atoms. The lowest BCUT2D eigenvalue weighted by atomic mass is 9.95. The number of fused-ring (bicyclic) bond motifs is 15. The van der Waals surface area contributed by atoms with Gasteiger partial charge in [-0.05, 0) is 108 Å². The van der Waals surface area contributed by atoms with Crippen molar-refractivity contribution in [2.45, 2.75) is 19.4 Å². The highest BCUT2D eigenvalue weighted by Crippen LogP contribution is 2.46. The summed E-state index contributed by atoms with van der Waals surface area (Å²) in [6, 6.07) is 94.2. The Kier molecular flexibility index (Phi) is 10.4. The van der Waals surface area contributed by atoms with Crippen LogP contribution in [0.2, 0.25) is 0 Å². The molecule has 0 fully saturated rings. The van der Waals surface area contributed by atoms with Crippen LogP contribution < -0.4 is 0 Å². The van der Waals surface area contributed by atoms with Crippen LogP contribution in [-0.4, -0.2) is 22.8 Å². The van der Waals surface area contributed by atoms with Gasteiger partial charge in [0.15, 0.2) is 0 Å². The van der Waals surface area contributed by atoms with E-state index in [2.05, 4.69) is 321 Å². The fraction of sp³-hybridized carbons (Fsp3) is 0.0500. The number of nitrogens with zero attached hydrogens (tertiary/aromatic N) is 5. The first kappa shape index (κ1) is 47.7. The van der Waals surface area contributed by atoms with Gasteiger partial charge in [0.05, 0.1) is 56.0 Å². The first-order valence-electron chi connectivity index (χ1n) is 29.8. The topological polar surface area (TPSA) is 24.6 Å². The summed E-state index contributed by atoms with van der Waals surface area (Å²) in [5.41, 5.74) is 22.6. The zero-order valence-corrected chi connectivity index (χ0v) is 46.8. The Hall–Kier alpha value is -10.9. The molecule has 18 rings (SSSR count). The van der Waals surface area contributed by atoms with E-state index in [4.69, 9.17) is 0 Å². The van der Waals surface area contributed by atoms with E-state index in [0.29, 0.717) is 5.92 Å². The van der Waals surface area contributed by atoms with Crippen LogP contribution in [-0.2, 0) is 6.42 Å². The van der Waals surface area contributed by atoms with Crippen molar-refractivity contribution in [3.63, 3.8) is 0 Å². The van der Waals surface area contributed by atoms with Gasteiger partial charge in [-0.2, -0.15) is 0 Å². The minimum absolute atomic E-state index is 0.104. The third-order valence-electron chi connectivity index (χ3n) is 18.5. The van der Waals surface area contributed by atoms with Crippen LogP contribution in [0, 0.1) is 5.92 Å². The fourth-order valence-electron chi connectivity index (χ4n) is 14.9. The zero-order valence-electron chi connectivity index (χ0n) is 46.8. The van der Waals surface area contributed by atoms with E-state index < -0.39 is 0 Å². The van der Waals surface area contributed by atoms with Crippen LogP contribution in [0.3, 0.4) is 0 Å². The van der Waals surface area contributed by atoms with Crippen LogP contribution in [0.15, 0.2) is 285 Å². The van der Waals surface area contributed by atoms with Crippen LogP contribution >= 0.6 is 0 Å². The third kappa shape index (κ3) is 7.05. The summed E-state index contributed by atoms with van der Waals surface area (Å²) in [5, 5.41) is 11.2. The van der Waals surface area contributed by atoms with E-state index in [-0.39, 0.29) is 6.04 Å². The Morgan fingerprint density at radius 2 is 0.776 bits per heavy atom. The average molecular weight is 1090 g/mol. The number of benzene rings is 11. The summed E-state index contributed by atoms with van der Waals surface area (Å²) in [5.74, 6) is 0.412. The molecule has 11 aromatic carbocycles. The van der Waals surface area contributed by atoms with Gasteiger partial charge in [0.2, 0.25) is 0 Å². The van der Waals surface area contributed by atoms with Gasteiger partial charge in [0, 0.05) is 93.3 Å². The molecule has 5 nitrogen and oxygen atoms in total. The second-order valence-corrected chi connectivity index (χ2v) is 23.2. The van der Waals surface area contributed by atoms with E-state index >= 15 is 0 Å². The van der Waals surface area contributed by atoms with E-state index in [0.717, 1.165) is 51.3 Å². The average Bonchev–Trinajstić information content (AvgIpc) is 3.86. The predicted molar refractivity (Wildman–Crippen MR) is 359 cm³/mol. The maximum atomic E-state index is 2.58. The summed E-state index contributed by atoms with van der Waals surface area (Å²) in [6.45, 7) is 2.34. The molecule has 0 saturated heterocycles. The molecule has 2 unspecified atom stereocenters. The molecule has 0 spiro atoms. The van der Waals surface area contributed by atoms with E-state index in [1.54, 1.807) is 0 Å². The molecule has 0 radical (unpaired) electrons. The highest BCUT2D eigenvalue weighted by atomic mass is 15.1. The molecule has 2 aliphatic rings. The molecule has 2 atom stereocenters. The van der Waals surface area contributed by atoms with Crippen molar-refractivity contribution in [1.29, 1.82) is 0 Å². The number of rotatable bonds is 7. The van der Waals surface area contributed by atoms with Crippen LogP contribution in [0.1, 0.15) is 24.2 Å². The van der Waals surface area contributed by atoms with Gasteiger partial charge in [0.25, 0.3) is 0 Å². The van der Waals surface area contributed by atoms with Crippen molar-refractivity contribution in [2.24, 2.45) is 5.92 Å². The molecule has 0 saturated carbocycles. The maximum Gasteiger partial charge on any atom is 0.0733 e. The van der Waals surface area contributed by atoms with Gasteiger partial charge < -0.3 is 22.8 Å². The largest absolute Gasteiger partial charge is 0.330 e. The minimum atomic E-state index is -0.104. The zero-order chi connectivity index (χ0) is 55.9. The molecule has 5 heteroatoms. The van der Waals surface area contributed by atoms with Crippen molar-refractivity contribution in [1.82, 2.24) is 22.8 Å². The van der Waals surface area contributed by atoms with Crippen molar-refractivity contribution in [3.05, 3.63) is 296 Å². The third-order valence-corrected chi connectivity index (χ3v) is 18.5. The number of aromatic nitrogens is 5. The number of allylic oxidation sites excluding steroid dienone is 7. The number of hydrogen-bond donors (Lipinski definition) is 0. The molecular weight excluding hydrogens is 1030 g/mol. The standard InChI is InChI=1S/C80H55N5/c1-51-41-45-65-63-27-5-14-34-71(63)83(78(65)47-51)55-49-53(81-68-31-11-2-21-57(68)58-22-3-12-32-69(58)81)43-44-54(50-55)82-70-33-13-4-28-64(70)66-46-42-52(48-79(66)82)56-30-20-40-77-80(56)67-29-10-19-39-76(67)85(77)75-38-18-9-26-62(75)61-25-8-17-37-74(61)84-72-35-15-6-23-59(72)60-24-7-16-36-73(60)84/h2-46,48-51,53H,47H2,1H3. The molecule has 5 heterocycles. The van der Waals surface area contributed by atoms with Gasteiger partial charge in [-0.3, -0.25) is 0 Å². The molecule has 2 aliphatic carbocycles. The van der Waals surface area contributed by atoms with Crippen molar-refractivity contribution >= 4 is 116 Å². The SMILES string of the molecule is CC1C=Cc2c(n(C3=CC(n4c5ccccc5c5ccccc54)C=CC(n4c5ccccc5c5ccc(-c6cccc7c6c6ccccc6n7-c6ccccc6-c6ccccc6-n6c7ccccc7c7ccccc76)cc54)=C3)c3ccccc23)C1. The quantitative estimate of drug-likeness (QED) is 0.152. The second-order valence-electron chi connectivity index (χ2n) is 23.2. The Bertz CT molecular complexity index is 5510. The number of para-hydroxylation sites is 9. The second kappa shape index (κ2) is 18.6. The summed E-state index contributed by atoms with van der Waals surface area (Å²) in [4.78, 5) is 0. The van der Waals surface area contributed by atoms with Crippen LogP contribution in [0.5, 0.6) is 0 Å². The Morgan fingerprint density at radius 1 is 0.329 bits per heavy atom. The number of hydrogen-bond acceptors (Lipinski definition) is 0. The van der Waals surface area contributed by atoms with Gasteiger partial charge in [-0.1, -0.05) is 213 Å². The molecule has 5 aromatic heterocycles. The normalized spacial score (nSPS) is 15.4. The Balaban J connectivity index is 0.846. The minimum Gasteiger partial charge on any atom is -0.330 e. The molecule has 16 aromatic rings. The van der Waals surface area contributed by atoms with Crippen molar-refractivity contribution < 1.29 is 0 Å². The van der Waals surface area contributed by atoms with Crippen LogP contribution in [0.4, 0.5) is 0 Å². The maximum absolute atomic E-state index is 2.58. The smallest absolute Gasteiger partial charge is 0.0733 e. The fourth-order valence-corrected chi connectivity index (χ4v) is 14.9. The summed E-state index contributed by atoms with van der Waals surface area (Å²) in [6.07, 6.45) is 15.5. The lowest BCUT2D eigenvalue weighted by Crippen LogP contribution is -2.10. The molecular formula is C80H55N5. The lowest BCUT2D eigenvalue weighted by Gasteiger charge is -2.20. The van der Waals surface area contributed by atoms with Crippen LogP contribution in [0.25, 0.3) is 149 Å². The van der Waals surface area contributed by atoms with Gasteiger partial charge in [-0.25, -0.2) is 0 Å². The molecule has 0 bridgehead atoms. The molecule has 400 valence electrons. The van der Waals surface area contributed by atoms with Crippen molar-refractivity contribution in [3.8, 4) is 33.6 Å². The summed E-state index contributed by atoms with van der Waals surface area (Å²) >= 11 is 0. The highest BCUT2D eigenvalue weighted by Gasteiger charge is 2.27. The van der Waals surface area contributed by atoms with Gasteiger partial charge in [-0.15, -0.1) is 0 Å². The molecule has 0 N–H and O–H groups in total. The summed E-state index contributed by atoms with van der Waals surface area (Å²) < 4.78 is 12.6. The first-order chi connectivity index (χ1) is 42.1. The lowest BCUT2D eigenvalue weighted by molar-refractivity contribution is 0.692. The Labute approximate surface area is 491 Å². The first-order valence-corrected chi connectivity index (χ1v) is 29.8. The van der Waals surface area contributed by atoms with E-state index in [1.807, 2.05) is 0 Å². The Morgan fingerprint density at radius 3 is 1.39 bits per heavy atom. The van der Waals surface area contributed by atoms with Crippen molar-refractivity contribution in [2.75, 3.05) is 0 Å². The highest BCUT2D eigenvalue weighted by molar-refractivity contribution is 6.18. The predicted octanol–water partition coefficient (Wildman–Crippen LogP) is 20.8. The van der Waals surface area contributed by atoms with E-state index in [1.165, 1.54) is 110 Å². The van der Waals surface area contributed by atoms with Gasteiger partial charge in [0.1, 0.15) is 0 Å².